The van der Waals surface area contributed by atoms with Crippen molar-refractivity contribution in [2.45, 2.75) is 89.9 Å². The van der Waals surface area contributed by atoms with Gasteiger partial charge in [0.2, 0.25) is 0 Å². The standard InChI is InChI=1S/C26H32N6/c1-17-16-31(25(27-17)19-9-5-3-6-10-19)21-13-14-22-23(15-21)32-24(30-29-22)18(2)28-26(32)20-11-7-4-8-12-20/h13-16,19-20H,3-12H2,1-2H3. The highest BCUT2D eigenvalue weighted by Crippen LogP contribution is 2.36. The summed E-state index contributed by atoms with van der Waals surface area (Å²) in [7, 11) is 0. The summed E-state index contributed by atoms with van der Waals surface area (Å²) >= 11 is 0. The molecular formula is C26H32N6. The number of aromatic nitrogens is 6. The Morgan fingerprint density at radius 3 is 2.19 bits per heavy atom. The van der Waals surface area contributed by atoms with Crippen LogP contribution in [0.3, 0.4) is 0 Å². The van der Waals surface area contributed by atoms with Crippen LogP contribution in [0.4, 0.5) is 0 Å². The first-order valence-electron chi connectivity index (χ1n) is 12.4. The molecule has 2 fully saturated rings. The number of hydrogen-bond acceptors (Lipinski definition) is 4. The molecule has 2 aliphatic rings. The molecule has 0 amide bonds. The van der Waals surface area contributed by atoms with E-state index < -0.39 is 0 Å². The van der Waals surface area contributed by atoms with Crippen LogP contribution in [0.5, 0.6) is 0 Å². The van der Waals surface area contributed by atoms with Gasteiger partial charge in [0.05, 0.1) is 16.9 Å². The van der Waals surface area contributed by atoms with Gasteiger partial charge < -0.3 is 4.57 Å². The van der Waals surface area contributed by atoms with Crippen molar-refractivity contribution in [3.63, 3.8) is 0 Å². The molecule has 3 aromatic heterocycles. The molecule has 6 rings (SSSR count). The summed E-state index contributed by atoms with van der Waals surface area (Å²) in [6.45, 7) is 4.17. The average molecular weight is 429 g/mol. The lowest BCUT2D eigenvalue weighted by Crippen LogP contribution is -2.12. The normalized spacial score (nSPS) is 18.7. The summed E-state index contributed by atoms with van der Waals surface area (Å²) in [6, 6.07) is 6.55. The maximum atomic E-state index is 5.00. The highest BCUT2D eigenvalue weighted by molar-refractivity contribution is 5.80. The van der Waals surface area contributed by atoms with Crippen LogP contribution in [0.25, 0.3) is 22.4 Å². The molecule has 3 heterocycles. The van der Waals surface area contributed by atoms with Gasteiger partial charge in [0.25, 0.3) is 0 Å². The Hall–Kier alpha value is -2.76. The largest absolute Gasteiger partial charge is 0.303 e. The van der Waals surface area contributed by atoms with Gasteiger partial charge in [-0.3, -0.25) is 4.40 Å². The van der Waals surface area contributed by atoms with Crippen LogP contribution in [0.15, 0.2) is 24.4 Å². The van der Waals surface area contributed by atoms with Crippen molar-refractivity contribution >= 4 is 16.7 Å². The van der Waals surface area contributed by atoms with Crippen molar-refractivity contribution in [3.8, 4) is 5.69 Å². The highest BCUT2D eigenvalue weighted by Gasteiger charge is 2.25. The number of fused-ring (bicyclic) bond motifs is 3. The van der Waals surface area contributed by atoms with Gasteiger partial charge in [0.1, 0.15) is 17.2 Å². The lowest BCUT2D eigenvalue weighted by molar-refractivity contribution is 0.425. The Balaban J connectivity index is 1.52. The first-order chi connectivity index (χ1) is 15.7. The molecule has 32 heavy (non-hydrogen) atoms. The molecule has 2 saturated carbocycles. The third-order valence-corrected chi connectivity index (χ3v) is 7.57. The van der Waals surface area contributed by atoms with E-state index in [1.165, 1.54) is 75.9 Å². The number of imidazole rings is 2. The first-order valence-corrected chi connectivity index (χ1v) is 12.4. The minimum Gasteiger partial charge on any atom is -0.303 e. The van der Waals surface area contributed by atoms with Gasteiger partial charge in [-0.15, -0.1) is 10.2 Å². The predicted molar refractivity (Wildman–Crippen MR) is 127 cm³/mol. The van der Waals surface area contributed by atoms with Crippen LogP contribution in [0.2, 0.25) is 0 Å². The van der Waals surface area contributed by atoms with Gasteiger partial charge in [-0.25, -0.2) is 9.97 Å². The third-order valence-electron chi connectivity index (χ3n) is 7.57. The van der Waals surface area contributed by atoms with E-state index in [0.717, 1.165) is 33.8 Å². The number of benzene rings is 1. The van der Waals surface area contributed by atoms with Crippen molar-refractivity contribution in [1.82, 2.24) is 29.1 Å². The molecule has 0 saturated heterocycles. The third kappa shape index (κ3) is 3.31. The van der Waals surface area contributed by atoms with Crippen molar-refractivity contribution in [1.29, 1.82) is 0 Å². The molecule has 1 aromatic carbocycles. The van der Waals surface area contributed by atoms with E-state index in [-0.39, 0.29) is 0 Å². The zero-order valence-electron chi connectivity index (χ0n) is 19.2. The molecule has 0 bridgehead atoms. The van der Waals surface area contributed by atoms with Gasteiger partial charge >= 0.3 is 0 Å². The minimum absolute atomic E-state index is 0.509. The van der Waals surface area contributed by atoms with Crippen LogP contribution >= 0.6 is 0 Å². The summed E-state index contributed by atoms with van der Waals surface area (Å²) in [5.74, 6) is 3.45. The summed E-state index contributed by atoms with van der Waals surface area (Å²) in [6.07, 6.45) is 15.0. The molecule has 4 aromatic rings. The predicted octanol–water partition coefficient (Wildman–Crippen LogP) is 6.18. The molecule has 166 valence electrons. The second kappa shape index (κ2) is 7.98. The maximum absolute atomic E-state index is 5.00. The molecule has 2 aliphatic carbocycles. The zero-order chi connectivity index (χ0) is 21.7. The Labute approximate surface area is 189 Å². The SMILES string of the molecule is Cc1cn(-c2ccc3nnc4c(C)nc(C5CCCCC5)n4c3c2)c(C2CCCCC2)n1. The fourth-order valence-electron chi connectivity index (χ4n) is 5.93. The summed E-state index contributed by atoms with van der Waals surface area (Å²) in [5, 5.41) is 9.10. The Bertz CT molecular complexity index is 1270. The monoisotopic (exact) mass is 428 g/mol. The van der Waals surface area contributed by atoms with E-state index in [9.17, 15) is 0 Å². The van der Waals surface area contributed by atoms with Crippen LogP contribution < -0.4 is 0 Å². The van der Waals surface area contributed by atoms with Crippen molar-refractivity contribution in [3.05, 3.63) is 47.4 Å². The van der Waals surface area contributed by atoms with Crippen LogP contribution in [0, 0.1) is 13.8 Å². The van der Waals surface area contributed by atoms with Gasteiger partial charge in [-0.05, 0) is 57.7 Å². The van der Waals surface area contributed by atoms with E-state index in [4.69, 9.17) is 9.97 Å². The molecular weight excluding hydrogens is 396 g/mol. The van der Waals surface area contributed by atoms with Gasteiger partial charge in [-0.1, -0.05) is 38.5 Å². The fourth-order valence-corrected chi connectivity index (χ4v) is 5.93. The maximum Gasteiger partial charge on any atom is 0.182 e. The molecule has 6 nitrogen and oxygen atoms in total. The lowest BCUT2D eigenvalue weighted by Gasteiger charge is -2.22. The smallest absolute Gasteiger partial charge is 0.182 e. The molecule has 0 atom stereocenters. The molecule has 0 unspecified atom stereocenters. The van der Waals surface area contributed by atoms with E-state index in [2.05, 4.69) is 57.4 Å². The summed E-state index contributed by atoms with van der Waals surface area (Å²) in [4.78, 5) is 9.97. The Kier molecular flexibility index (Phi) is 4.96. The second-order valence-corrected chi connectivity index (χ2v) is 9.87. The first kappa shape index (κ1) is 19.9. The topological polar surface area (TPSA) is 60.9 Å². The number of hydrogen-bond donors (Lipinski definition) is 0. The molecule has 6 heteroatoms. The number of rotatable bonds is 3. The van der Waals surface area contributed by atoms with E-state index in [1.54, 1.807) is 0 Å². The lowest BCUT2D eigenvalue weighted by atomic mass is 9.88. The minimum atomic E-state index is 0.509. The number of aryl methyl sites for hydroxylation is 2. The summed E-state index contributed by atoms with van der Waals surface area (Å²) < 4.78 is 4.61. The fraction of sp³-hybridized carbons (Fsp3) is 0.538. The van der Waals surface area contributed by atoms with Crippen LogP contribution in [0.1, 0.15) is 99.1 Å². The Morgan fingerprint density at radius 1 is 0.781 bits per heavy atom. The van der Waals surface area contributed by atoms with Gasteiger partial charge in [0, 0.05) is 23.7 Å². The zero-order valence-corrected chi connectivity index (χ0v) is 19.2. The average Bonchev–Trinajstić information content (AvgIpc) is 3.40. The molecule has 0 radical (unpaired) electrons. The number of nitrogens with zero attached hydrogens (tertiary/aromatic N) is 6. The summed E-state index contributed by atoms with van der Waals surface area (Å²) in [5.41, 5.74) is 6.15. The van der Waals surface area contributed by atoms with Crippen molar-refractivity contribution in [2.75, 3.05) is 0 Å². The van der Waals surface area contributed by atoms with E-state index in [0.29, 0.717) is 11.8 Å². The van der Waals surface area contributed by atoms with Gasteiger partial charge in [0.15, 0.2) is 5.65 Å². The van der Waals surface area contributed by atoms with Crippen LogP contribution in [-0.2, 0) is 0 Å². The van der Waals surface area contributed by atoms with Crippen LogP contribution in [-0.4, -0.2) is 29.1 Å². The Morgan fingerprint density at radius 2 is 1.47 bits per heavy atom. The van der Waals surface area contributed by atoms with Crippen molar-refractivity contribution < 1.29 is 0 Å². The van der Waals surface area contributed by atoms with Gasteiger partial charge in [-0.2, -0.15) is 0 Å². The highest BCUT2D eigenvalue weighted by atomic mass is 15.2. The molecule has 0 aliphatic heterocycles. The quantitative estimate of drug-likeness (QED) is 0.391. The van der Waals surface area contributed by atoms with E-state index in [1.807, 2.05) is 0 Å². The van der Waals surface area contributed by atoms with Crippen molar-refractivity contribution in [2.24, 2.45) is 0 Å². The molecule has 0 N–H and O–H groups in total. The second-order valence-electron chi connectivity index (χ2n) is 9.87. The van der Waals surface area contributed by atoms with E-state index >= 15 is 0 Å². The molecule has 0 spiro atoms.